The Bertz CT molecular complexity index is 2070. The van der Waals surface area contributed by atoms with E-state index < -0.39 is 7.82 Å². The molecule has 0 bridgehead atoms. The minimum absolute atomic E-state index is 0.182. The molecule has 0 atom stereocenters. The van der Waals surface area contributed by atoms with Crippen molar-refractivity contribution in [3.8, 4) is 39.1 Å². The molecule has 0 aliphatic rings. The lowest BCUT2D eigenvalue weighted by molar-refractivity contribution is 0.284. The number of hydrogen-bond acceptors (Lipinski definition) is 2. The monoisotopic (exact) mass is 586 g/mol. The third-order valence-electron chi connectivity index (χ3n) is 8.26. The lowest BCUT2D eigenvalue weighted by atomic mass is 9.84. The van der Waals surface area contributed by atoms with Gasteiger partial charge in [-0.15, -0.1) is 0 Å². The standard InChI is InChI=1S/C38H35O4P/c1-22-15-24(3)35(25(4)16-22)30-19-28-11-7-9-13-31(28)33(21-30)37-32-14-10-8-12-29(32)20-34(38(37)42-43(39,40)41)36-26(5)17-23(2)18-27(36)6/h7-21H,1-6H3,(H2,39,40,41). The molecule has 0 spiro atoms. The molecule has 0 fully saturated rings. The van der Waals surface area contributed by atoms with Crippen LogP contribution in [0.25, 0.3) is 54.9 Å². The van der Waals surface area contributed by atoms with Crippen LogP contribution < -0.4 is 4.52 Å². The molecule has 2 N–H and O–H groups in total. The zero-order chi connectivity index (χ0) is 30.6. The molecular formula is C38H35O4P. The van der Waals surface area contributed by atoms with Gasteiger partial charge in [0.25, 0.3) is 0 Å². The van der Waals surface area contributed by atoms with Crippen molar-refractivity contribution in [1.29, 1.82) is 0 Å². The molecule has 0 aliphatic carbocycles. The minimum atomic E-state index is -4.95. The van der Waals surface area contributed by atoms with Crippen LogP contribution in [0.15, 0.2) is 91.0 Å². The molecule has 0 aliphatic heterocycles. The molecule has 0 aromatic heterocycles. The Morgan fingerprint density at radius 3 is 1.58 bits per heavy atom. The largest absolute Gasteiger partial charge is 0.524 e. The topological polar surface area (TPSA) is 66.8 Å². The van der Waals surface area contributed by atoms with Gasteiger partial charge < -0.3 is 4.52 Å². The minimum Gasteiger partial charge on any atom is -0.403 e. The van der Waals surface area contributed by atoms with Crippen molar-refractivity contribution < 1.29 is 18.9 Å². The fraction of sp³-hybridized carbons (Fsp3) is 0.158. The van der Waals surface area contributed by atoms with Gasteiger partial charge in [-0.05, 0) is 126 Å². The maximum absolute atomic E-state index is 12.7. The van der Waals surface area contributed by atoms with E-state index in [4.69, 9.17) is 4.52 Å². The summed E-state index contributed by atoms with van der Waals surface area (Å²) < 4.78 is 18.4. The average molecular weight is 587 g/mol. The Hall–Kier alpha value is -4.21. The predicted molar refractivity (Wildman–Crippen MR) is 179 cm³/mol. The van der Waals surface area contributed by atoms with Crippen molar-refractivity contribution in [2.45, 2.75) is 41.5 Å². The summed E-state index contributed by atoms with van der Waals surface area (Å²) in [5.41, 5.74) is 12.0. The normalized spacial score (nSPS) is 11.8. The number of benzene rings is 6. The molecule has 4 nitrogen and oxygen atoms in total. The first-order chi connectivity index (χ1) is 20.4. The van der Waals surface area contributed by atoms with E-state index in [0.717, 1.165) is 60.5 Å². The van der Waals surface area contributed by atoms with Gasteiger partial charge in [0.15, 0.2) is 0 Å². The molecule has 0 saturated carbocycles. The van der Waals surface area contributed by atoms with E-state index in [2.05, 4.69) is 76.2 Å². The van der Waals surface area contributed by atoms with Crippen LogP contribution in [-0.4, -0.2) is 9.79 Å². The van der Waals surface area contributed by atoms with Gasteiger partial charge in [0, 0.05) is 11.1 Å². The van der Waals surface area contributed by atoms with E-state index >= 15 is 0 Å². The van der Waals surface area contributed by atoms with Gasteiger partial charge in [-0.3, -0.25) is 9.79 Å². The molecule has 0 amide bonds. The van der Waals surface area contributed by atoms with E-state index in [-0.39, 0.29) is 5.75 Å². The second-order valence-electron chi connectivity index (χ2n) is 11.7. The number of hydrogen-bond donors (Lipinski definition) is 2. The Balaban J connectivity index is 1.82. The first-order valence-electron chi connectivity index (χ1n) is 14.4. The van der Waals surface area contributed by atoms with Crippen LogP contribution in [0.3, 0.4) is 0 Å². The van der Waals surface area contributed by atoms with E-state index in [1.807, 2.05) is 56.3 Å². The third kappa shape index (κ3) is 5.39. The maximum Gasteiger partial charge on any atom is 0.524 e. The van der Waals surface area contributed by atoms with Crippen LogP contribution in [0.4, 0.5) is 0 Å². The van der Waals surface area contributed by atoms with E-state index in [0.29, 0.717) is 11.1 Å². The van der Waals surface area contributed by atoms with Gasteiger partial charge in [0.2, 0.25) is 0 Å². The molecule has 0 saturated heterocycles. The highest BCUT2D eigenvalue weighted by atomic mass is 31.2. The zero-order valence-electron chi connectivity index (χ0n) is 25.3. The van der Waals surface area contributed by atoms with Gasteiger partial charge in [-0.2, -0.15) is 0 Å². The first kappa shape index (κ1) is 28.9. The molecule has 216 valence electrons. The average Bonchev–Trinajstić information content (AvgIpc) is 2.91. The van der Waals surface area contributed by atoms with E-state index in [1.165, 1.54) is 16.7 Å². The van der Waals surface area contributed by atoms with Crippen molar-refractivity contribution in [1.82, 2.24) is 0 Å². The number of rotatable bonds is 5. The number of phosphoric acid groups is 1. The molecule has 0 unspecified atom stereocenters. The van der Waals surface area contributed by atoms with Crippen LogP contribution in [0.1, 0.15) is 33.4 Å². The first-order valence-corrected chi connectivity index (χ1v) is 15.9. The summed E-state index contributed by atoms with van der Waals surface area (Å²) in [6, 6.07) is 31.1. The molecule has 0 heterocycles. The van der Waals surface area contributed by atoms with Gasteiger partial charge in [0.1, 0.15) is 5.75 Å². The summed E-state index contributed by atoms with van der Waals surface area (Å²) in [5, 5.41) is 3.83. The van der Waals surface area contributed by atoms with Crippen molar-refractivity contribution in [3.05, 3.63) is 124 Å². The molecule has 6 aromatic carbocycles. The summed E-state index contributed by atoms with van der Waals surface area (Å²) in [6.07, 6.45) is 0. The molecule has 43 heavy (non-hydrogen) atoms. The van der Waals surface area contributed by atoms with Gasteiger partial charge >= 0.3 is 7.82 Å². The molecular weight excluding hydrogens is 551 g/mol. The summed E-state index contributed by atoms with van der Waals surface area (Å²) in [7, 11) is -4.95. The van der Waals surface area contributed by atoms with Gasteiger partial charge in [0.05, 0.1) is 0 Å². The zero-order valence-corrected chi connectivity index (χ0v) is 26.2. The van der Waals surface area contributed by atoms with E-state index in [1.54, 1.807) is 0 Å². The summed E-state index contributed by atoms with van der Waals surface area (Å²) >= 11 is 0. The van der Waals surface area contributed by atoms with Crippen LogP contribution in [0.2, 0.25) is 0 Å². The highest BCUT2D eigenvalue weighted by Crippen LogP contribution is 2.53. The Morgan fingerprint density at radius 2 is 1.02 bits per heavy atom. The fourth-order valence-corrected chi connectivity index (χ4v) is 7.32. The van der Waals surface area contributed by atoms with Crippen molar-refractivity contribution >= 4 is 29.4 Å². The smallest absolute Gasteiger partial charge is 0.403 e. The van der Waals surface area contributed by atoms with Crippen molar-refractivity contribution in [2.24, 2.45) is 0 Å². The predicted octanol–water partition coefficient (Wildman–Crippen LogP) is 10.3. The third-order valence-corrected chi connectivity index (χ3v) is 8.68. The molecule has 0 radical (unpaired) electrons. The molecule has 6 rings (SSSR count). The highest BCUT2D eigenvalue weighted by Gasteiger charge is 2.27. The van der Waals surface area contributed by atoms with Crippen molar-refractivity contribution in [2.75, 3.05) is 0 Å². The summed E-state index contributed by atoms with van der Waals surface area (Å²) in [6.45, 7) is 12.5. The fourth-order valence-electron chi connectivity index (χ4n) is 6.90. The molecule has 6 aromatic rings. The van der Waals surface area contributed by atoms with Crippen LogP contribution >= 0.6 is 7.82 Å². The molecule has 5 heteroatoms. The van der Waals surface area contributed by atoms with E-state index in [9.17, 15) is 14.4 Å². The second-order valence-corrected chi connectivity index (χ2v) is 12.9. The maximum atomic E-state index is 12.7. The van der Waals surface area contributed by atoms with Crippen molar-refractivity contribution in [3.63, 3.8) is 0 Å². The SMILES string of the molecule is Cc1cc(C)c(-c2cc(-c3c(OP(=O)(O)O)c(-c4c(C)cc(C)cc4C)cc4ccccc34)c3ccccc3c2)c(C)c1. The van der Waals surface area contributed by atoms with Crippen LogP contribution in [-0.2, 0) is 4.57 Å². The lowest BCUT2D eigenvalue weighted by Crippen LogP contribution is -2.00. The van der Waals surface area contributed by atoms with Crippen LogP contribution in [0, 0.1) is 41.5 Å². The Morgan fingerprint density at radius 1 is 0.535 bits per heavy atom. The Labute approximate surface area is 252 Å². The van der Waals surface area contributed by atoms with Gasteiger partial charge in [-0.1, -0.05) is 83.9 Å². The quantitative estimate of drug-likeness (QED) is 0.197. The number of aryl methyl sites for hydroxylation is 6. The highest BCUT2D eigenvalue weighted by molar-refractivity contribution is 7.46. The summed E-state index contributed by atoms with van der Waals surface area (Å²) in [4.78, 5) is 20.6. The number of fused-ring (bicyclic) bond motifs is 2. The lowest BCUT2D eigenvalue weighted by Gasteiger charge is -2.23. The second kappa shape index (κ2) is 10.8. The summed E-state index contributed by atoms with van der Waals surface area (Å²) in [5.74, 6) is 0.182. The Kier molecular flexibility index (Phi) is 7.26. The number of phosphoric ester groups is 1. The van der Waals surface area contributed by atoms with Gasteiger partial charge in [-0.25, -0.2) is 4.57 Å². The van der Waals surface area contributed by atoms with Crippen LogP contribution in [0.5, 0.6) is 5.75 Å².